The maximum Gasteiger partial charge on any atom is 0.274 e. The molecule has 3 rings (SSSR count). The minimum Gasteiger partial charge on any atom is -0.790 e. The molecular weight excluding hydrogens is 867 g/mol. The number of aromatic nitrogens is 4. The van der Waals surface area contributed by atoms with E-state index in [0.717, 1.165) is 54.7 Å². The number of thioether (sulfide) groups is 1. The first-order chi connectivity index (χ1) is 27.4. The number of amides is 2. The standard InChI is InChI=1S/C31H54N7O17P3S/c1-19(2)9-7-5-6-8-10-22(40)59-14-13-33-21(39)11-12-34-29(43)26(42)31(3,4)16-52-58(49,50)55-57(47,48)51-15-20-25(54-56(44,45)46)24(41)30(53-20)38-18-37-23-27(32)35-17-36-28(23)38/h17-20,24-26,30,41-42H,5-16H2,1-4H3,(H,33,39)(H,34,43)(H,47,48)(H,49,50)(H2,32,35,36)(H2,44,45,46)/p-4/t20-,24-,25-,26+,30-/m1/s1. The number of phosphoric ester groups is 3. The monoisotopic (exact) mass is 917 g/mol. The lowest BCUT2D eigenvalue weighted by atomic mass is 9.87. The number of anilines is 1. The number of nitrogen functional groups attached to an aromatic ring is 1. The summed E-state index contributed by atoms with van der Waals surface area (Å²) in [5.74, 6) is -0.480. The molecule has 0 aromatic carbocycles. The number of hydrogen-bond donors (Lipinski definition) is 5. The number of imidazole rings is 1. The number of fused-ring (bicyclic) bond motifs is 1. The molecule has 336 valence electrons. The number of hydrogen-bond acceptors (Lipinski definition) is 22. The highest BCUT2D eigenvalue weighted by molar-refractivity contribution is 8.13. The fraction of sp³-hybridized carbons (Fsp3) is 0.742. The second kappa shape index (κ2) is 22.6. The van der Waals surface area contributed by atoms with Gasteiger partial charge in [0.1, 0.15) is 36.3 Å². The van der Waals surface area contributed by atoms with E-state index in [1.807, 2.05) is 0 Å². The lowest BCUT2D eigenvalue weighted by Crippen LogP contribution is -2.46. The lowest BCUT2D eigenvalue weighted by molar-refractivity contribution is -0.347. The van der Waals surface area contributed by atoms with Crippen molar-refractivity contribution < 1.29 is 80.5 Å². The SMILES string of the molecule is CC(C)CCCCCCC(=O)SCCNC(=O)CCNC(=O)[C@H](O)C(C)(C)COP(=O)([O-])OP(=O)([O-])OC[C@H]1O[C@@H](n2cnc3c(N)ncnc32)[C@H](O)[C@@H]1OP(=O)([O-])[O-]. The van der Waals surface area contributed by atoms with Crippen LogP contribution in [0.15, 0.2) is 12.7 Å². The molecule has 0 bridgehead atoms. The van der Waals surface area contributed by atoms with Crippen molar-refractivity contribution in [1.29, 1.82) is 0 Å². The van der Waals surface area contributed by atoms with Gasteiger partial charge in [-0.1, -0.05) is 65.1 Å². The summed E-state index contributed by atoms with van der Waals surface area (Å²) in [6, 6.07) is 0. The third kappa shape index (κ3) is 17.1. The van der Waals surface area contributed by atoms with Crippen LogP contribution in [0.4, 0.5) is 5.82 Å². The first kappa shape index (κ1) is 50.9. The number of rotatable bonds is 26. The zero-order valence-electron chi connectivity index (χ0n) is 32.7. The predicted octanol–water partition coefficient (Wildman–Crippen LogP) is -0.867. The van der Waals surface area contributed by atoms with E-state index in [2.05, 4.69) is 57.3 Å². The van der Waals surface area contributed by atoms with Gasteiger partial charge in [-0.2, -0.15) is 0 Å². The van der Waals surface area contributed by atoms with Crippen LogP contribution < -0.4 is 35.9 Å². The zero-order chi connectivity index (χ0) is 44.2. The Balaban J connectivity index is 1.42. The summed E-state index contributed by atoms with van der Waals surface area (Å²) in [4.78, 5) is 96.3. The molecule has 2 aromatic heterocycles. The Hall–Kier alpha value is -2.44. The molecule has 1 saturated heterocycles. The summed E-state index contributed by atoms with van der Waals surface area (Å²) in [6.45, 7) is 4.51. The van der Waals surface area contributed by atoms with Crippen molar-refractivity contribution in [2.24, 2.45) is 11.3 Å². The molecule has 1 aliphatic heterocycles. The van der Waals surface area contributed by atoms with E-state index < -0.39 is 84.6 Å². The molecule has 1 fully saturated rings. The Kier molecular flexibility index (Phi) is 19.5. The summed E-state index contributed by atoms with van der Waals surface area (Å²) in [5, 5.41) is 26.3. The maximum atomic E-state index is 12.6. The van der Waals surface area contributed by atoms with Crippen LogP contribution in [0, 0.1) is 11.3 Å². The van der Waals surface area contributed by atoms with E-state index in [4.69, 9.17) is 10.5 Å². The van der Waals surface area contributed by atoms with Gasteiger partial charge in [0.05, 0.1) is 27.4 Å². The van der Waals surface area contributed by atoms with E-state index in [1.165, 1.54) is 20.3 Å². The molecule has 59 heavy (non-hydrogen) atoms. The topological polar surface area (TPSA) is 375 Å². The molecule has 2 aromatic rings. The van der Waals surface area contributed by atoms with Gasteiger partial charge in [-0.15, -0.1) is 0 Å². The predicted molar refractivity (Wildman–Crippen MR) is 201 cm³/mol. The van der Waals surface area contributed by atoms with E-state index >= 15 is 0 Å². The highest BCUT2D eigenvalue weighted by Gasteiger charge is 2.47. The Morgan fingerprint density at radius 2 is 1.68 bits per heavy atom. The van der Waals surface area contributed by atoms with Crippen LogP contribution in [0.1, 0.15) is 78.9 Å². The molecule has 0 aliphatic carbocycles. The molecule has 0 spiro atoms. The van der Waals surface area contributed by atoms with Crippen molar-refractivity contribution >= 4 is 69.1 Å². The minimum absolute atomic E-state index is 0.0193. The van der Waals surface area contributed by atoms with E-state index in [-0.39, 0.29) is 41.6 Å². The molecule has 3 heterocycles. The van der Waals surface area contributed by atoms with Crippen molar-refractivity contribution in [2.45, 2.75) is 103 Å². The average molecular weight is 918 g/mol. The van der Waals surface area contributed by atoms with Gasteiger partial charge in [0.15, 0.2) is 22.8 Å². The Morgan fingerprint density at radius 3 is 2.36 bits per heavy atom. The number of nitrogens with two attached hydrogens (primary N) is 1. The van der Waals surface area contributed by atoms with Crippen LogP contribution in [-0.4, -0.2) is 103 Å². The number of nitrogens with one attached hydrogen (secondary N) is 2. The van der Waals surface area contributed by atoms with Crippen molar-refractivity contribution in [3.63, 3.8) is 0 Å². The smallest absolute Gasteiger partial charge is 0.274 e. The number of carbonyl (C=O) groups excluding carboxylic acids is 3. The fourth-order valence-electron chi connectivity index (χ4n) is 5.52. The van der Waals surface area contributed by atoms with Crippen LogP contribution in [0.5, 0.6) is 0 Å². The van der Waals surface area contributed by atoms with Gasteiger partial charge in [-0.25, -0.2) is 19.3 Å². The maximum absolute atomic E-state index is 12.6. The Labute approximate surface area is 344 Å². The molecule has 24 nitrogen and oxygen atoms in total. The lowest BCUT2D eigenvalue weighted by Gasteiger charge is -2.36. The molecule has 1 aliphatic rings. The quantitative estimate of drug-likeness (QED) is 0.0566. The molecular formula is C31H50N7O17P3S-4. The van der Waals surface area contributed by atoms with Gasteiger partial charge in [-0.05, 0) is 12.3 Å². The van der Waals surface area contributed by atoms with Gasteiger partial charge in [0, 0.05) is 37.1 Å². The van der Waals surface area contributed by atoms with Gasteiger partial charge in [0.25, 0.3) is 15.6 Å². The molecule has 0 radical (unpaired) electrons. The number of carbonyl (C=O) groups is 3. The van der Waals surface area contributed by atoms with Gasteiger partial charge in [0.2, 0.25) is 11.8 Å². The average Bonchev–Trinajstić information content (AvgIpc) is 3.69. The van der Waals surface area contributed by atoms with Crippen LogP contribution in [0.2, 0.25) is 0 Å². The largest absolute Gasteiger partial charge is 0.790 e. The van der Waals surface area contributed by atoms with E-state index in [1.54, 1.807) is 0 Å². The van der Waals surface area contributed by atoms with Crippen molar-refractivity contribution in [2.75, 3.05) is 37.8 Å². The molecule has 0 saturated carbocycles. The summed E-state index contributed by atoms with van der Waals surface area (Å²) in [6.07, 6.45) is -1.88. The summed E-state index contributed by atoms with van der Waals surface area (Å²) in [5.41, 5.74) is 4.08. The van der Waals surface area contributed by atoms with E-state index in [9.17, 15) is 57.9 Å². The third-order valence-corrected chi connectivity index (χ3v) is 12.6. The van der Waals surface area contributed by atoms with E-state index in [0.29, 0.717) is 18.1 Å². The van der Waals surface area contributed by atoms with Crippen LogP contribution in [0.3, 0.4) is 0 Å². The first-order valence-corrected chi connectivity index (χ1v) is 23.8. The molecule has 7 atom stereocenters. The summed E-state index contributed by atoms with van der Waals surface area (Å²) >= 11 is 1.13. The van der Waals surface area contributed by atoms with Crippen molar-refractivity contribution in [3.05, 3.63) is 12.7 Å². The molecule has 6 N–H and O–H groups in total. The van der Waals surface area contributed by atoms with Crippen LogP contribution in [-0.2, 0) is 50.7 Å². The van der Waals surface area contributed by atoms with Gasteiger partial charge < -0.3 is 69.0 Å². The van der Waals surface area contributed by atoms with Crippen molar-refractivity contribution in [1.82, 2.24) is 30.2 Å². The highest BCUT2D eigenvalue weighted by Crippen LogP contribution is 2.56. The second-order valence-electron chi connectivity index (χ2n) is 14.6. The number of unbranched alkanes of at least 4 members (excludes halogenated alkanes) is 3. The van der Waals surface area contributed by atoms with Gasteiger partial charge in [-0.3, -0.25) is 28.1 Å². The Morgan fingerprint density at radius 1 is 1.00 bits per heavy atom. The van der Waals surface area contributed by atoms with Gasteiger partial charge >= 0.3 is 0 Å². The second-order valence-corrected chi connectivity index (χ2v) is 19.8. The molecule has 2 unspecified atom stereocenters. The van der Waals surface area contributed by atoms with Crippen LogP contribution >= 0.6 is 35.2 Å². The third-order valence-electron chi connectivity index (χ3n) is 8.65. The molecule has 28 heteroatoms. The number of phosphoric acid groups is 3. The number of ether oxygens (including phenoxy) is 1. The zero-order valence-corrected chi connectivity index (χ0v) is 36.2. The summed E-state index contributed by atoms with van der Waals surface area (Å²) in [7, 11) is -17.6. The highest BCUT2D eigenvalue weighted by atomic mass is 32.2. The fourth-order valence-corrected chi connectivity index (χ4v) is 8.98. The normalized spacial score (nSPS) is 21.3. The number of nitrogens with zero attached hydrogens (tertiary/aromatic N) is 4. The van der Waals surface area contributed by atoms with Crippen LogP contribution in [0.25, 0.3) is 11.2 Å². The molecule has 2 amide bonds. The number of aliphatic hydroxyl groups excluding tert-OH is 2. The Bertz CT molecular complexity index is 1870. The number of aliphatic hydroxyl groups is 2. The summed E-state index contributed by atoms with van der Waals surface area (Å²) < 4.78 is 60.6. The van der Waals surface area contributed by atoms with Crippen molar-refractivity contribution in [3.8, 4) is 0 Å². The first-order valence-electron chi connectivity index (χ1n) is 18.4. The minimum atomic E-state index is -5.91.